The number of nitrogens with one attached hydrogen (secondary N) is 2. The van der Waals surface area contributed by atoms with E-state index in [4.69, 9.17) is 27.9 Å². The third-order valence-electron chi connectivity index (χ3n) is 3.53. The van der Waals surface area contributed by atoms with Crippen molar-refractivity contribution in [3.8, 4) is 5.75 Å². The van der Waals surface area contributed by atoms with Crippen molar-refractivity contribution in [2.75, 3.05) is 5.43 Å². The lowest BCUT2D eigenvalue weighted by atomic mass is 10.2. The molecule has 1 aromatic heterocycles. The number of halogens is 2. The Kier molecular flexibility index (Phi) is 6.05. The fourth-order valence-electron chi connectivity index (χ4n) is 2.06. The standard InChI is InChI=1S/C18H15Cl2N5O2/c1-11-17(26)22-18(25-23-11)24-21-9-12-2-6-15(7-3-12)27-10-13-4-5-14(19)8-16(13)20/h2-9H,10H2,1H3,(H2,22,24,25,26)/b21-9+. The van der Waals surface area contributed by atoms with Crippen LogP contribution in [-0.4, -0.2) is 21.4 Å². The van der Waals surface area contributed by atoms with E-state index in [1.54, 1.807) is 25.3 Å². The number of aromatic amines is 1. The fourth-order valence-corrected chi connectivity index (χ4v) is 2.52. The molecule has 0 spiro atoms. The molecule has 3 rings (SSSR count). The van der Waals surface area contributed by atoms with Gasteiger partial charge in [-0.2, -0.15) is 5.10 Å². The van der Waals surface area contributed by atoms with Crippen LogP contribution in [0.2, 0.25) is 10.0 Å². The van der Waals surface area contributed by atoms with Crippen molar-refractivity contribution in [3.63, 3.8) is 0 Å². The number of aryl methyl sites for hydroxylation is 1. The minimum Gasteiger partial charge on any atom is -0.489 e. The highest BCUT2D eigenvalue weighted by Gasteiger charge is 2.03. The van der Waals surface area contributed by atoms with Gasteiger partial charge in [-0.05, 0) is 48.9 Å². The number of nitrogens with zero attached hydrogens (tertiary/aromatic N) is 3. The van der Waals surface area contributed by atoms with E-state index in [1.807, 2.05) is 30.3 Å². The molecule has 0 aliphatic carbocycles. The first-order chi connectivity index (χ1) is 13.0. The molecule has 0 saturated carbocycles. The third-order valence-corrected chi connectivity index (χ3v) is 4.12. The summed E-state index contributed by atoms with van der Waals surface area (Å²) in [5.41, 5.74) is 4.28. The quantitative estimate of drug-likeness (QED) is 0.482. The molecule has 0 fully saturated rings. The van der Waals surface area contributed by atoms with Crippen molar-refractivity contribution in [2.45, 2.75) is 13.5 Å². The molecule has 138 valence electrons. The van der Waals surface area contributed by atoms with E-state index in [2.05, 4.69) is 25.7 Å². The maximum atomic E-state index is 11.4. The van der Waals surface area contributed by atoms with Crippen molar-refractivity contribution >= 4 is 35.4 Å². The Labute approximate surface area is 165 Å². The van der Waals surface area contributed by atoms with Gasteiger partial charge in [0, 0.05) is 15.6 Å². The average molecular weight is 404 g/mol. The van der Waals surface area contributed by atoms with Gasteiger partial charge in [0.15, 0.2) is 0 Å². The van der Waals surface area contributed by atoms with Gasteiger partial charge >= 0.3 is 0 Å². The SMILES string of the molecule is Cc1nnc(N/N=C/c2ccc(OCc3ccc(Cl)cc3Cl)cc2)[nH]c1=O. The highest BCUT2D eigenvalue weighted by atomic mass is 35.5. The number of hydrazone groups is 1. The molecule has 1 heterocycles. The number of rotatable bonds is 6. The normalized spacial score (nSPS) is 10.9. The molecule has 2 aromatic carbocycles. The van der Waals surface area contributed by atoms with E-state index in [0.29, 0.717) is 28.1 Å². The van der Waals surface area contributed by atoms with E-state index in [9.17, 15) is 4.79 Å². The number of hydrogen-bond acceptors (Lipinski definition) is 6. The van der Waals surface area contributed by atoms with Gasteiger partial charge in [0.25, 0.3) is 5.56 Å². The van der Waals surface area contributed by atoms with E-state index >= 15 is 0 Å². The predicted octanol–water partition coefficient (Wildman–Crippen LogP) is 3.81. The maximum Gasteiger partial charge on any atom is 0.274 e. The van der Waals surface area contributed by atoms with Crippen molar-refractivity contribution in [3.05, 3.63) is 79.7 Å². The Bertz CT molecular complexity index is 1020. The van der Waals surface area contributed by atoms with Gasteiger partial charge in [0.05, 0.1) is 6.21 Å². The summed E-state index contributed by atoms with van der Waals surface area (Å²) < 4.78 is 5.72. The largest absolute Gasteiger partial charge is 0.489 e. The van der Waals surface area contributed by atoms with Gasteiger partial charge in [-0.3, -0.25) is 9.78 Å². The monoisotopic (exact) mass is 403 g/mol. The van der Waals surface area contributed by atoms with Crippen LogP contribution in [-0.2, 0) is 6.61 Å². The first-order valence-electron chi connectivity index (χ1n) is 7.91. The van der Waals surface area contributed by atoms with Gasteiger partial charge in [0.2, 0.25) is 5.95 Å². The van der Waals surface area contributed by atoms with Crippen molar-refractivity contribution < 1.29 is 4.74 Å². The summed E-state index contributed by atoms with van der Waals surface area (Å²) in [5, 5.41) is 12.6. The Morgan fingerprint density at radius 1 is 1.19 bits per heavy atom. The summed E-state index contributed by atoms with van der Waals surface area (Å²) in [5.74, 6) is 0.863. The minimum atomic E-state index is -0.315. The molecule has 2 N–H and O–H groups in total. The van der Waals surface area contributed by atoms with Crippen molar-refractivity contribution in [1.82, 2.24) is 15.2 Å². The molecule has 0 radical (unpaired) electrons. The summed E-state index contributed by atoms with van der Waals surface area (Å²) in [6.45, 7) is 1.91. The van der Waals surface area contributed by atoms with Gasteiger partial charge < -0.3 is 4.74 Å². The number of aromatic nitrogens is 3. The summed E-state index contributed by atoms with van der Waals surface area (Å²) in [4.78, 5) is 14.0. The summed E-state index contributed by atoms with van der Waals surface area (Å²) >= 11 is 12.0. The van der Waals surface area contributed by atoms with Crippen LogP contribution in [0, 0.1) is 6.92 Å². The lowest BCUT2D eigenvalue weighted by Crippen LogP contribution is -2.15. The van der Waals surface area contributed by atoms with Crippen LogP contribution in [0.25, 0.3) is 0 Å². The Morgan fingerprint density at radius 2 is 1.96 bits per heavy atom. The average Bonchev–Trinajstić information content (AvgIpc) is 2.65. The fraction of sp³-hybridized carbons (Fsp3) is 0.111. The second kappa shape index (κ2) is 8.66. The van der Waals surface area contributed by atoms with Gasteiger partial charge in [-0.15, -0.1) is 10.2 Å². The van der Waals surface area contributed by atoms with Crippen molar-refractivity contribution in [1.29, 1.82) is 0 Å². The van der Waals surface area contributed by atoms with E-state index in [-0.39, 0.29) is 11.5 Å². The first kappa shape index (κ1) is 18.9. The molecule has 0 atom stereocenters. The van der Waals surface area contributed by atoms with Crippen LogP contribution in [0.4, 0.5) is 5.95 Å². The lowest BCUT2D eigenvalue weighted by Gasteiger charge is -2.08. The lowest BCUT2D eigenvalue weighted by molar-refractivity contribution is 0.306. The molecule has 0 bridgehead atoms. The highest BCUT2D eigenvalue weighted by molar-refractivity contribution is 6.35. The van der Waals surface area contributed by atoms with Gasteiger partial charge in [-0.1, -0.05) is 29.3 Å². The predicted molar refractivity (Wildman–Crippen MR) is 106 cm³/mol. The van der Waals surface area contributed by atoms with Crippen LogP contribution in [0.15, 0.2) is 52.4 Å². The molecule has 7 nitrogen and oxygen atoms in total. The molecule has 0 aliphatic rings. The van der Waals surface area contributed by atoms with E-state index in [1.165, 1.54) is 0 Å². The van der Waals surface area contributed by atoms with Gasteiger partial charge in [-0.25, -0.2) is 5.43 Å². The molecule has 3 aromatic rings. The summed E-state index contributed by atoms with van der Waals surface area (Å²) in [6, 6.07) is 12.6. The maximum absolute atomic E-state index is 11.4. The van der Waals surface area contributed by atoms with E-state index < -0.39 is 0 Å². The van der Waals surface area contributed by atoms with Crippen LogP contribution in [0.5, 0.6) is 5.75 Å². The Balaban J connectivity index is 1.56. The first-order valence-corrected chi connectivity index (χ1v) is 8.66. The van der Waals surface area contributed by atoms with Crippen LogP contribution in [0.3, 0.4) is 0 Å². The highest BCUT2D eigenvalue weighted by Crippen LogP contribution is 2.22. The zero-order valence-electron chi connectivity index (χ0n) is 14.2. The molecule has 0 amide bonds. The number of ether oxygens (including phenoxy) is 1. The molecule has 9 heteroatoms. The van der Waals surface area contributed by atoms with Gasteiger partial charge in [0.1, 0.15) is 18.1 Å². The smallest absolute Gasteiger partial charge is 0.274 e. The second-order valence-corrected chi connectivity index (χ2v) is 6.40. The molecular formula is C18H15Cl2N5O2. The molecule has 0 aliphatic heterocycles. The third kappa shape index (κ3) is 5.29. The Hall–Kier alpha value is -2.90. The summed E-state index contributed by atoms with van der Waals surface area (Å²) in [7, 11) is 0. The van der Waals surface area contributed by atoms with Crippen LogP contribution in [0.1, 0.15) is 16.8 Å². The van der Waals surface area contributed by atoms with Crippen LogP contribution < -0.4 is 15.7 Å². The Morgan fingerprint density at radius 3 is 2.67 bits per heavy atom. The summed E-state index contributed by atoms with van der Waals surface area (Å²) in [6.07, 6.45) is 1.58. The number of hydrogen-bond donors (Lipinski definition) is 2. The zero-order valence-corrected chi connectivity index (χ0v) is 15.8. The van der Waals surface area contributed by atoms with Crippen LogP contribution >= 0.6 is 23.2 Å². The van der Waals surface area contributed by atoms with E-state index in [0.717, 1.165) is 11.1 Å². The minimum absolute atomic E-state index is 0.168. The molecule has 27 heavy (non-hydrogen) atoms. The second-order valence-electron chi connectivity index (χ2n) is 5.55. The number of anilines is 1. The molecule has 0 unspecified atom stereocenters. The molecular weight excluding hydrogens is 389 g/mol. The van der Waals surface area contributed by atoms with Crippen molar-refractivity contribution in [2.24, 2.45) is 5.10 Å². The molecule has 0 saturated heterocycles. The number of benzene rings is 2. The number of H-pyrrole nitrogens is 1. The zero-order chi connectivity index (χ0) is 19.2. The topological polar surface area (TPSA) is 92.3 Å².